The summed E-state index contributed by atoms with van der Waals surface area (Å²) >= 11 is 9.76. The lowest BCUT2D eigenvalue weighted by Gasteiger charge is -2.09. The number of nitrogens with zero attached hydrogens (tertiary/aromatic N) is 1. The van der Waals surface area contributed by atoms with E-state index in [4.69, 9.17) is 11.6 Å². The number of benzene rings is 1. The van der Waals surface area contributed by atoms with E-state index < -0.39 is 0 Å². The number of aromatic nitrogens is 1. The van der Waals surface area contributed by atoms with Gasteiger partial charge in [-0.3, -0.25) is 4.98 Å². The van der Waals surface area contributed by atoms with Crippen molar-refractivity contribution in [2.75, 3.05) is 0 Å². The van der Waals surface area contributed by atoms with Crippen molar-refractivity contribution in [1.29, 1.82) is 0 Å². The van der Waals surface area contributed by atoms with Gasteiger partial charge >= 0.3 is 0 Å². The van der Waals surface area contributed by atoms with Gasteiger partial charge in [-0.25, -0.2) is 0 Å². The highest BCUT2D eigenvalue weighted by Crippen LogP contribution is 2.34. The number of hydrogen-bond acceptors (Lipinski definition) is 1. The fraction of sp³-hybridized carbons (Fsp3) is 0.250. The predicted octanol–water partition coefficient (Wildman–Crippen LogP) is 4.58. The third-order valence-corrected chi connectivity index (χ3v) is 4.05. The van der Waals surface area contributed by atoms with Crippen LogP contribution in [0.5, 0.6) is 0 Å². The van der Waals surface area contributed by atoms with Gasteiger partial charge in [0.25, 0.3) is 0 Å². The number of hydrogen-bond donors (Lipinski definition) is 0. The van der Waals surface area contributed by atoms with Crippen molar-refractivity contribution >= 4 is 38.4 Å². The Morgan fingerprint density at radius 1 is 1.20 bits per heavy atom. The lowest BCUT2D eigenvalue weighted by atomic mass is 10.1. The van der Waals surface area contributed by atoms with Crippen LogP contribution in [0.4, 0.5) is 0 Å². The first-order valence-corrected chi connectivity index (χ1v) is 5.90. The molecular formula is C12H11BrClN. The summed E-state index contributed by atoms with van der Waals surface area (Å²) in [6, 6.07) is 4.19. The van der Waals surface area contributed by atoms with Gasteiger partial charge < -0.3 is 0 Å². The minimum Gasteiger partial charge on any atom is -0.252 e. The van der Waals surface area contributed by atoms with E-state index in [1.165, 1.54) is 11.1 Å². The Hall–Kier alpha value is -0.600. The smallest absolute Gasteiger partial charge is 0.0726 e. The first-order chi connectivity index (χ1) is 7.00. The zero-order valence-electron chi connectivity index (χ0n) is 8.86. The van der Waals surface area contributed by atoms with E-state index in [0.717, 1.165) is 26.1 Å². The highest BCUT2D eigenvalue weighted by Gasteiger charge is 2.10. The van der Waals surface area contributed by atoms with Crippen molar-refractivity contribution in [2.45, 2.75) is 20.8 Å². The Bertz CT molecular complexity index is 549. The Morgan fingerprint density at radius 3 is 2.53 bits per heavy atom. The first-order valence-electron chi connectivity index (χ1n) is 4.73. The minimum atomic E-state index is 0.759. The number of aryl methyl sites for hydroxylation is 3. The third kappa shape index (κ3) is 1.77. The maximum atomic E-state index is 6.30. The van der Waals surface area contributed by atoms with Crippen molar-refractivity contribution in [1.82, 2.24) is 4.98 Å². The standard InChI is InChI=1S/C12H11BrClN/c1-6-4-7(2)10-9(5-6)15-8(3)11(13)12(10)14/h4-5H,1-3H3. The van der Waals surface area contributed by atoms with Gasteiger partial charge in [0.05, 0.1) is 20.7 Å². The topological polar surface area (TPSA) is 12.9 Å². The van der Waals surface area contributed by atoms with E-state index >= 15 is 0 Å². The van der Waals surface area contributed by atoms with Crippen LogP contribution in [0.3, 0.4) is 0 Å². The van der Waals surface area contributed by atoms with Crippen LogP contribution in [0.1, 0.15) is 16.8 Å². The van der Waals surface area contributed by atoms with Gasteiger partial charge in [0.15, 0.2) is 0 Å². The van der Waals surface area contributed by atoms with Crippen molar-refractivity contribution in [2.24, 2.45) is 0 Å². The van der Waals surface area contributed by atoms with E-state index in [1.807, 2.05) is 6.92 Å². The molecule has 15 heavy (non-hydrogen) atoms. The Labute approximate surface area is 103 Å². The predicted molar refractivity (Wildman–Crippen MR) is 68.7 cm³/mol. The number of pyridine rings is 1. The van der Waals surface area contributed by atoms with Crippen LogP contribution >= 0.6 is 27.5 Å². The molecule has 1 heterocycles. The van der Waals surface area contributed by atoms with Gasteiger partial charge in [0.1, 0.15) is 0 Å². The first kappa shape index (κ1) is 10.9. The normalized spacial score (nSPS) is 11.0. The molecule has 0 amide bonds. The maximum absolute atomic E-state index is 6.30. The second-order valence-electron chi connectivity index (χ2n) is 3.80. The van der Waals surface area contributed by atoms with Gasteiger partial charge in [-0.1, -0.05) is 17.7 Å². The average Bonchev–Trinajstić information content (AvgIpc) is 2.13. The zero-order valence-corrected chi connectivity index (χ0v) is 11.2. The molecule has 0 unspecified atom stereocenters. The van der Waals surface area contributed by atoms with E-state index in [-0.39, 0.29) is 0 Å². The lowest BCUT2D eigenvalue weighted by molar-refractivity contribution is 1.22. The summed E-state index contributed by atoms with van der Waals surface area (Å²) in [5, 5.41) is 1.80. The van der Waals surface area contributed by atoms with Crippen LogP contribution in [0.2, 0.25) is 5.02 Å². The molecule has 2 aromatic rings. The lowest BCUT2D eigenvalue weighted by Crippen LogP contribution is -1.91. The molecular weight excluding hydrogens is 273 g/mol. The summed E-state index contributed by atoms with van der Waals surface area (Å²) in [4.78, 5) is 4.53. The summed E-state index contributed by atoms with van der Waals surface area (Å²) in [7, 11) is 0. The quantitative estimate of drug-likeness (QED) is 0.690. The van der Waals surface area contributed by atoms with Crippen LogP contribution in [0.15, 0.2) is 16.6 Å². The Balaban J connectivity index is 2.99. The SMILES string of the molecule is Cc1cc(C)c2c(Cl)c(Br)c(C)nc2c1. The molecule has 0 bridgehead atoms. The van der Waals surface area contributed by atoms with E-state index in [0.29, 0.717) is 0 Å². The van der Waals surface area contributed by atoms with E-state index in [9.17, 15) is 0 Å². The fourth-order valence-corrected chi connectivity index (χ4v) is 2.49. The monoisotopic (exact) mass is 283 g/mol. The Morgan fingerprint density at radius 2 is 1.87 bits per heavy atom. The van der Waals surface area contributed by atoms with Crippen LogP contribution in [-0.2, 0) is 0 Å². The molecule has 1 aromatic carbocycles. The summed E-state index contributed by atoms with van der Waals surface area (Å²) in [5.74, 6) is 0. The van der Waals surface area contributed by atoms with Crippen LogP contribution in [-0.4, -0.2) is 4.98 Å². The van der Waals surface area contributed by atoms with Gasteiger partial charge in [-0.05, 0) is 53.9 Å². The minimum absolute atomic E-state index is 0.759. The molecule has 0 spiro atoms. The molecule has 3 heteroatoms. The molecule has 1 aromatic heterocycles. The third-order valence-electron chi connectivity index (χ3n) is 2.48. The maximum Gasteiger partial charge on any atom is 0.0726 e. The number of fused-ring (bicyclic) bond motifs is 1. The second kappa shape index (κ2) is 3.76. The molecule has 0 aliphatic rings. The summed E-state index contributed by atoms with van der Waals surface area (Å²) in [5.41, 5.74) is 4.28. The highest BCUT2D eigenvalue weighted by atomic mass is 79.9. The highest BCUT2D eigenvalue weighted by molar-refractivity contribution is 9.10. The molecule has 0 saturated carbocycles. The van der Waals surface area contributed by atoms with Crippen molar-refractivity contribution in [3.63, 3.8) is 0 Å². The molecule has 0 aliphatic heterocycles. The van der Waals surface area contributed by atoms with Crippen LogP contribution in [0.25, 0.3) is 10.9 Å². The molecule has 0 atom stereocenters. The fourth-order valence-electron chi connectivity index (χ4n) is 1.82. The average molecular weight is 285 g/mol. The molecule has 0 N–H and O–H groups in total. The van der Waals surface area contributed by atoms with Crippen molar-refractivity contribution in [3.05, 3.63) is 38.4 Å². The molecule has 0 fully saturated rings. The van der Waals surface area contributed by atoms with Gasteiger partial charge in [0.2, 0.25) is 0 Å². The van der Waals surface area contributed by atoms with Crippen LogP contribution < -0.4 is 0 Å². The summed E-state index contributed by atoms with van der Waals surface area (Å²) in [6.07, 6.45) is 0. The van der Waals surface area contributed by atoms with E-state index in [2.05, 4.69) is 46.9 Å². The molecule has 0 radical (unpaired) electrons. The van der Waals surface area contributed by atoms with Gasteiger partial charge in [-0.2, -0.15) is 0 Å². The molecule has 0 saturated heterocycles. The molecule has 2 rings (SSSR count). The van der Waals surface area contributed by atoms with Crippen molar-refractivity contribution < 1.29 is 0 Å². The zero-order chi connectivity index (χ0) is 11.2. The van der Waals surface area contributed by atoms with Gasteiger partial charge in [0, 0.05) is 5.39 Å². The number of halogens is 2. The summed E-state index contributed by atoms with van der Waals surface area (Å²) in [6.45, 7) is 6.08. The summed E-state index contributed by atoms with van der Waals surface area (Å²) < 4.78 is 0.892. The molecule has 78 valence electrons. The Kier molecular flexibility index (Phi) is 2.73. The molecule has 1 nitrogen and oxygen atoms in total. The second-order valence-corrected chi connectivity index (χ2v) is 4.97. The largest absolute Gasteiger partial charge is 0.252 e. The molecule has 0 aliphatic carbocycles. The van der Waals surface area contributed by atoms with E-state index in [1.54, 1.807) is 0 Å². The van der Waals surface area contributed by atoms with Crippen LogP contribution in [0, 0.1) is 20.8 Å². The number of rotatable bonds is 0. The van der Waals surface area contributed by atoms with Gasteiger partial charge in [-0.15, -0.1) is 0 Å². The van der Waals surface area contributed by atoms with Crippen molar-refractivity contribution in [3.8, 4) is 0 Å².